The molecule has 0 aromatic heterocycles. The third-order valence-electron chi connectivity index (χ3n) is 4.38. The van der Waals surface area contributed by atoms with Crippen LogP contribution in [0.2, 0.25) is 10.0 Å². The van der Waals surface area contributed by atoms with Crippen molar-refractivity contribution in [2.24, 2.45) is 0 Å². The van der Waals surface area contributed by atoms with E-state index in [9.17, 15) is 9.59 Å². The van der Waals surface area contributed by atoms with Crippen LogP contribution in [0.5, 0.6) is 5.75 Å². The monoisotopic (exact) mass is 562 g/mol. The van der Waals surface area contributed by atoms with Gasteiger partial charge in [-0.25, -0.2) is 0 Å². The summed E-state index contributed by atoms with van der Waals surface area (Å²) in [5.74, 6) is 0.0350. The molecule has 2 rings (SSSR count). The normalized spacial score (nSPS) is 11.8. The van der Waals surface area contributed by atoms with Gasteiger partial charge in [0.15, 0.2) is 6.61 Å². The van der Waals surface area contributed by atoms with E-state index in [1.54, 1.807) is 30.3 Å². The summed E-state index contributed by atoms with van der Waals surface area (Å²) in [6.45, 7) is 5.52. The van der Waals surface area contributed by atoms with Gasteiger partial charge in [0.05, 0.1) is 0 Å². The van der Waals surface area contributed by atoms with Gasteiger partial charge in [-0.1, -0.05) is 36.2 Å². The molecule has 162 valence electrons. The Morgan fingerprint density at radius 2 is 1.70 bits per heavy atom. The summed E-state index contributed by atoms with van der Waals surface area (Å²) in [6, 6.07) is 11.8. The minimum atomic E-state index is -0.674. The maximum atomic E-state index is 13.1. The largest absolute Gasteiger partial charge is 0.484 e. The van der Waals surface area contributed by atoms with E-state index in [2.05, 4.69) is 27.9 Å². The molecule has 0 heterocycles. The Bertz CT molecular complexity index is 855. The Kier molecular flexibility index (Phi) is 9.71. The summed E-state index contributed by atoms with van der Waals surface area (Å²) in [5.41, 5.74) is 0.597. The summed E-state index contributed by atoms with van der Waals surface area (Å²) >= 11 is 14.8. The molecule has 0 saturated heterocycles. The molecule has 5 nitrogen and oxygen atoms in total. The first-order chi connectivity index (χ1) is 14.2. The van der Waals surface area contributed by atoms with Crippen molar-refractivity contribution in [3.8, 4) is 5.75 Å². The van der Waals surface area contributed by atoms with Crippen LogP contribution in [-0.2, 0) is 16.1 Å². The molecule has 30 heavy (non-hydrogen) atoms. The lowest BCUT2D eigenvalue weighted by atomic mass is 10.1. The van der Waals surface area contributed by atoms with Crippen LogP contribution < -0.4 is 10.1 Å². The van der Waals surface area contributed by atoms with E-state index >= 15 is 0 Å². The summed E-state index contributed by atoms with van der Waals surface area (Å²) in [5, 5.41) is 3.77. The van der Waals surface area contributed by atoms with E-state index in [4.69, 9.17) is 27.9 Å². The van der Waals surface area contributed by atoms with Gasteiger partial charge in [-0.15, -0.1) is 0 Å². The molecule has 1 atom stereocenters. The molecule has 0 aliphatic heterocycles. The molecule has 0 aliphatic rings. The van der Waals surface area contributed by atoms with Crippen molar-refractivity contribution in [1.82, 2.24) is 10.2 Å². The second-order valence-electron chi connectivity index (χ2n) is 7.05. The third-order valence-corrected chi connectivity index (χ3v) is 5.81. The molecule has 0 bridgehead atoms. The topological polar surface area (TPSA) is 58.6 Å². The predicted octanol–water partition coefficient (Wildman–Crippen LogP) is 5.31. The van der Waals surface area contributed by atoms with Gasteiger partial charge in [0.2, 0.25) is 5.91 Å². The van der Waals surface area contributed by atoms with Crippen LogP contribution in [0.1, 0.15) is 32.8 Å². The molecule has 1 N–H and O–H groups in total. The Morgan fingerprint density at radius 1 is 1.10 bits per heavy atom. The number of rotatable bonds is 9. The van der Waals surface area contributed by atoms with Crippen LogP contribution in [0.25, 0.3) is 0 Å². The standard InChI is InChI=1S/C22H25Cl2IN2O3/c1-4-20(22(29)26-14(2)3)27(12-17-18(23)6-5-7-19(17)24)21(28)13-30-16-10-8-15(25)9-11-16/h5-11,14,20H,4,12-13H2,1-3H3,(H,26,29). The number of amides is 2. The van der Waals surface area contributed by atoms with Gasteiger partial charge in [0, 0.05) is 31.8 Å². The summed E-state index contributed by atoms with van der Waals surface area (Å²) in [7, 11) is 0. The first kappa shape index (κ1) is 24.8. The molecule has 0 saturated carbocycles. The lowest BCUT2D eigenvalue weighted by Gasteiger charge is -2.31. The molecule has 0 fully saturated rings. The zero-order chi connectivity index (χ0) is 22.3. The van der Waals surface area contributed by atoms with Crippen molar-refractivity contribution in [1.29, 1.82) is 0 Å². The number of hydrogen-bond acceptors (Lipinski definition) is 3. The zero-order valence-corrected chi connectivity index (χ0v) is 20.8. The molecule has 2 aromatic rings. The first-order valence-corrected chi connectivity index (χ1v) is 11.5. The van der Waals surface area contributed by atoms with Crippen molar-refractivity contribution in [2.75, 3.05) is 6.61 Å². The average Bonchev–Trinajstić information content (AvgIpc) is 2.68. The molecule has 1 unspecified atom stereocenters. The number of benzene rings is 2. The predicted molar refractivity (Wildman–Crippen MR) is 129 cm³/mol. The lowest BCUT2D eigenvalue weighted by molar-refractivity contribution is -0.143. The van der Waals surface area contributed by atoms with E-state index in [-0.39, 0.29) is 31.0 Å². The van der Waals surface area contributed by atoms with Crippen LogP contribution in [0.4, 0.5) is 0 Å². The second kappa shape index (κ2) is 11.8. The van der Waals surface area contributed by atoms with Crippen LogP contribution in [-0.4, -0.2) is 35.4 Å². The highest BCUT2D eigenvalue weighted by Gasteiger charge is 2.30. The molecule has 2 amide bonds. The van der Waals surface area contributed by atoms with E-state index in [1.807, 2.05) is 32.9 Å². The van der Waals surface area contributed by atoms with Gasteiger partial charge < -0.3 is 15.0 Å². The Morgan fingerprint density at radius 3 is 2.23 bits per heavy atom. The van der Waals surface area contributed by atoms with Crippen LogP contribution in [0.15, 0.2) is 42.5 Å². The number of halogens is 3. The number of nitrogens with one attached hydrogen (secondary N) is 1. The molecular formula is C22H25Cl2IN2O3. The SMILES string of the molecule is CCC(C(=O)NC(C)C)N(Cc1c(Cl)cccc1Cl)C(=O)COc1ccc(I)cc1. The van der Waals surface area contributed by atoms with Gasteiger partial charge >= 0.3 is 0 Å². The van der Waals surface area contributed by atoms with E-state index in [0.29, 0.717) is 27.8 Å². The Hall–Kier alpha value is -1.51. The molecule has 8 heteroatoms. The molecule has 0 spiro atoms. The van der Waals surface area contributed by atoms with Crippen molar-refractivity contribution in [3.05, 3.63) is 61.6 Å². The summed E-state index contributed by atoms with van der Waals surface area (Å²) in [4.78, 5) is 27.4. The quantitative estimate of drug-likeness (QED) is 0.421. The average molecular weight is 563 g/mol. The van der Waals surface area contributed by atoms with Crippen molar-refractivity contribution in [3.63, 3.8) is 0 Å². The number of nitrogens with zero attached hydrogens (tertiary/aromatic N) is 1. The van der Waals surface area contributed by atoms with E-state index in [0.717, 1.165) is 3.57 Å². The lowest BCUT2D eigenvalue weighted by Crippen LogP contribution is -2.51. The minimum absolute atomic E-state index is 0.0459. The van der Waals surface area contributed by atoms with E-state index < -0.39 is 6.04 Å². The van der Waals surface area contributed by atoms with E-state index in [1.165, 1.54) is 4.90 Å². The van der Waals surface area contributed by atoms with Gasteiger partial charge in [-0.2, -0.15) is 0 Å². The maximum absolute atomic E-state index is 13.1. The number of carbonyl (C=O) groups is 2. The fourth-order valence-electron chi connectivity index (χ4n) is 2.91. The smallest absolute Gasteiger partial charge is 0.261 e. The summed E-state index contributed by atoms with van der Waals surface area (Å²) < 4.78 is 6.73. The van der Waals surface area contributed by atoms with Crippen molar-refractivity contribution >= 4 is 57.6 Å². The minimum Gasteiger partial charge on any atom is -0.484 e. The molecule has 0 radical (unpaired) electrons. The Labute approximate surface area is 201 Å². The Balaban J connectivity index is 2.27. The van der Waals surface area contributed by atoms with Crippen LogP contribution >= 0.6 is 45.8 Å². The highest BCUT2D eigenvalue weighted by atomic mass is 127. The number of carbonyl (C=O) groups excluding carboxylic acids is 2. The fourth-order valence-corrected chi connectivity index (χ4v) is 3.79. The van der Waals surface area contributed by atoms with Gasteiger partial charge in [-0.05, 0) is 79.3 Å². The first-order valence-electron chi connectivity index (χ1n) is 9.64. The van der Waals surface area contributed by atoms with Gasteiger partial charge in [0.1, 0.15) is 11.8 Å². The van der Waals surface area contributed by atoms with Crippen LogP contribution in [0.3, 0.4) is 0 Å². The molecule has 0 aliphatic carbocycles. The number of ether oxygens (including phenoxy) is 1. The highest BCUT2D eigenvalue weighted by Crippen LogP contribution is 2.27. The van der Waals surface area contributed by atoms with Crippen molar-refractivity contribution < 1.29 is 14.3 Å². The number of hydrogen-bond donors (Lipinski definition) is 1. The highest BCUT2D eigenvalue weighted by molar-refractivity contribution is 14.1. The fraction of sp³-hybridized carbons (Fsp3) is 0.364. The van der Waals surface area contributed by atoms with Gasteiger partial charge in [0.25, 0.3) is 5.91 Å². The zero-order valence-electron chi connectivity index (χ0n) is 17.1. The molecular weight excluding hydrogens is 538 g/mol. The van der Waals surface area contributed by atoms with Gasteiger partial charge in [-0.3, -0.25) is 9.59 Å². The second-order valence-corrected chi connectivity index (χ2v) is 9.11. The summed E-state index contributed by atoms with van der Waals surface area (Å²) in [6.07, 6.45) is 0.440. The molecule has 2 aromatic carbocycles. The maximum Gasteiger partial charge on any atom is 0.261 e. The third kappa shape index (κ3) is 7.03. The van der Waals surface area contributed by atoms with Crippen LogP contribution in [0, 0.1) is 3.57 Å². The van der Waals surface area contributed by atoms with Crippen molar-refractivity contribution in [2.45, 2.75) is 45.8 Å².